The number of para-hydroxylation sites is 1. The van der Waals surface area contributed by atoms with Crippen molar-refractivity contribution in [1.29, 1.82) is 0 Å². The predicted octanol–water partition coefficient (Wildman–Crippen LogP) is 5.97. The average Bonchev–Trinajstić information content (AvgIpc) is 3.42. The van der Waals surface area contributed by atoms with Gasteiger partial charge in [-0.25, -0.2) is 9.79 Å². The van der Waals surface area contributed by atoms with Crippen molar-refractivity contribution in [2.45, 2.75) is 39.5 Å². The van der Waals surface area contributed by atoms with Gasteiger partial charge in [-0.05, 0) is 86.7 Å². The second-order valence-corrected chi connectivity index (χ2v) is 10.7. The third kappa shape index (κ3) is 3.91. The molecule has 34 heavy (non-hydrogen) atoms. The van der Waals surface area contributed by atoms with E-state index in [2.05, 4.69) is 4.99 Å². The van der Waals surface area contributed by atoms with Crippen LogP contribution in [0.3, 0.4) is 0 Å². The number of amidine groups is 1. The van der Waals surface area contributed by atoms with Crippen LogP contribution in [-0.2, 0) is 17.6 Å². The van der Waals surface area contributed by atoms with E-state index in [0.717, 1.165) is 58.9 Å². The second-order valence-electron chi connectivity index (χ2n) is 8.56. The summed E-state index contributed by atoms with van der Waals surface area (Å²) in [5.41, 5.74) is 5.01. The average molecular weight is 492 g/mol. The molecule has 0 atom stereocenters. The summed E-state index contributed by atoms with van der Waals surface area (Å²) < 4.78 is 2.03. The summed E-state index contributed by atoms with van der Waals surface area (Å²) in [7, 11) is 1.73. The van der Waals surface area contributed by atoms with E-state index in [-0.39, 0.29) is 5.91 Å². The van der Waals surface area contributed by atoms with Crippen LogP contribution in [0, 0.1) is 13.8 Å². The minimum Gasteiger partial charge on any atom is -0.478 e. The molecule has 2 aromatic heterocycles. The number of carbonyl (C=O) groups is 2. The molecule has 1 aromatic carbocycles. The van der Waals surface area contributed by atoms with E-state index in [1.165, 1.54) is 16.6 Å². The van der Waals surface area contributed by atoms with E-state index >= 15 is 0 Å². The number of hydrogen-bond acceptors (Lipinski definition) is 5. The van der Waals surface area contributed by atoms with Crippen molar-refractivity contribution in [1.82, 2.24) is 9.47 Å². The zero-order chi connectivity index (χ0) is 24.0. The number of amides is 1. The normalized spacial score (nSPS) is 18.2. The Bertz CT molecular complexity index is 1370. The number of aromatic nitrogens is 1. The number of aliphatic imine (C=N–C) groups is 1. The molecule has 1 aliphatic heterocycles. The number of hydrogen-bond donors (Lipinski definition) is 1. The van der Waals surface area contributed by atoms with Gasteiger partial charge < -0.3 is 9.67 Å². The van der Waals surface area contributed by atoms with Crippen molar-refractivity contribution in [3.63, 3.8) is 0 Å². The molecule has 8 heteroatoms. The van der Waals surface area contributed by atoms with Crippen molar-refractivity contribution < 1.29 is 14.7 Å². The molecular weight excluding hydrogens is 466 g/mol. The minimum absolute atomic E-state index is 0.0951. The first-order valence-electron chi connectivity index (χ1n) is 11.2. The second kappa shape index (κ2) is 8.92. The molecular formula is C26H25N3O3S2. The van der Waals surface area contributed by atoms with Crippen LogP contribution in [0.25, 0.3) is 11.1 Å². The largest absolute Gasteiger partial charge is 0.478 e. The van der Waals surface area contributed by atoms with Crippen LogP contribution < -0.4 is 0 Å². The number of thiophene rings is 1. The highest BCUT2D eigenvalue weighted by Gasteiger charge is 2.31. The Morgan fingerprint density at radius 3 is 2.62 bits per heavy atom. The lowest BCUT2D eigenvalue weighted by molar-refractivity contribution is -0.121. The summed E-state index contributed by atoms with van der Waals surface area (Å²) in [4.78, 5) is 33.1. The van der Waals surface area contributed by atoms with Gasteiger partial charge in [-0.15, -0.1) is 11.3 Å². The highest BCUT2D eigenvalue weighted by Crippen LogP contribution is 2.40. The molecule has 174 valence electrons. The van der Waals surface area contributed by atoms with E-state index in [0.29, 0.717) is 15.6 Å². The van der Waals surface area contributed by atoms with Crippen molar-refractivity contribution in [2.24, 2.45) is 4.99 Å². The lowest BCUT2D eigenvalue weighted by Crippen LogP contribution is -2.23. The smallest absolute Gasteiger partial charge is 0.339 e. The molecule has 1 fully saturated rings. The van der Waals surface area contributed by atoms with E-state index in [1.807, 2.05) is 60.9 Å². The standard InChI is InChI=1S/C26H25N3O3S2/c1-15-13-17(14-21-23(30)28(3)26(34-21)27-18-9-5-4-6-10-18)16(2)29(15)24-22(25(31)32)19-11-7-8-12-20(19)33-24/h4-6,9-10,13-14H,7-8,11-12H2,1-3H3,(H,31,32). The molecule has 0 unspecified atom stereocenters. The van der Waals surface area contributed by atoms with E-state index in [4.69, 9.17) is 0 Å². The van der Waals surface area contributed by atoms with Crippen LogP contribution in [0.4, 0.5) is 5.69 Å². The van der Waals surface area contributed by atoms with E-state index in [1.54, 1.807) is 23.3 Å². The summed E-state index contributed by atoms with van der Waals surface area (Å²) in [6, 6.07) is 11.6. The molecule has 1 aliphatic carbocycles. The number of carbonyl (C=O) groups excluding carboxylic acids is 1. The number of aryl methyl sites for hydroxylation is 2. The third-order valence-corrected chi connectivity index (χ3v) is 8.65. The number of rotatable bonds is 4. The molecule has 1 N–H and O–H groups in total. The number of fused-ring (bicyclic) bond motifs is 1. The molecule has 3 heterocycles. The van der Waals surface area contributed by atoms with Crippen molar-refractivity contribution in [2.75, 3.05) is 7.05 Å². The number of nitrogens with zero attached hydrogens (tertiary/aromatic N) is 3. The fourth-order valence-electron chi connectivity index (χ4n) is 4.58. The van der Waals surface area contributed by atoms with Crippen LogP contribution >= 0.6 is 23.1 Å². The van der Waals surface area contributed by atoms with Crippen LogP contribution in [0.1, 0.15) is 50.6 Å². The molecule has 1 amide bonds. The first-order valence-corrected chi connectivity index (χ1v) is 12.9. The molecule has 2 aliphatic rings. The zero-order valence-electron chi connectivity index (χ0n) is 19.3. The Morgan fingerprint density at radius 1 is 1.15 bits per heavy atom. The zero-order valence-corrected chi connectivity index (χ0v) is 20.9. The van der Waals surface area contributed by atoms with Gasteiger partial charge in [0.1, 0.15) is 5.00 Å². The van der Waals surface area contributed by atoms with Gasteiger partial charge in [0.25, 0.3) is 5.91 Å². The van der Waals surface area contributed by atoms with E-state index in [9.17, 15) is 14.7 Å². The maximum atomic E-state index is 12.9. The van der Waals surface area contributed by atoms with Crippen LogP contribution in [0.5, 0.6) is 0 Å². The fourth-order valence-corrected chi connectivity index (χ4v) is 7.05. The summed E-state index contributed by atoms with van der Waals surface area (Å²) in [6.07, 6.45) is 5.79. The van der Waals surface area contributed by atoms with Gasteiger partial charge in [0.05, 0.1) is 16.2 Å². The van der Waals surface area contributed by atoms with Gasteiger partial charge >= 0.3 is 5.97 Å². The molecule has 0 saturated carbocycles. The van der Waals surface area contributed by atoms with Gasteiger partial charge in [-0.3, -0.25) is 9.69 Å². The summed E-state index contributed by atoms with van der Waals surface area (Å²) in [5.74, 6) is -0.964. The lowest BCUT2D eigenvalue weighted by atomic mass is 9.95. The Morgan fingerprint density at radius 2 is 1.88 bits per heavy atom. The topological polar surface area (TPSA) is 74.9 Å². The molecule has 5 rings (SSSR count). The first-order chi connectivity index (χ1) is 16.3. The molecule has 3 aromatic rings. The third-order valence-electron chi connectivity index (χ3n) is 6.31. The van der Waals surface area contributed by atoms with Crippen molar-refractivity contribution in [3.8, 4) is 5.00 Å². The Labute approximate surface area is 206 Å². The molecule has 1 saturated heterocycles. The van der Waals surface area contributed by atoms with Crippen LogP contribution in [0.15, 0.2) is 46.3 Å². The lowest BCUT2D eigenvalue weighted by Gasteiger charge is -2.11. The molecule has 6 nitrogen and oxygen atoms in total. The quantitative estimate of drug-likeness (QED) is 0.457. The highest BCUT2D eigenvalue weighted by molar-refractivity contribution is 8.18. The minimum atomic E-state index is -0.869. The number of thioether (sulfide) groups is 1. The number of likely N-dealkylation sites (N-methyl/N-ethyl adjacent to an activating group) is 1. The summed E-state index contributed by atoms with van der Waals surface area (Å²) in [6.45, 7) is 3.97. The Kier molecular flexibility index (Phi) is 5.95. The Balaban J connectivity index is 1.54. The van der Waals surface area contributed by atoms with Crippen LogP contribution in [0.2, 0.25) is 0 Å². The summed E-state index contributed by atoms with van der Waals surface area (Å²) in [5, 5.41) is 11.4. The maximum absolute atomic E-state index is 12.9. The van der Waals surface area contributed by atoms with Crippen molar-refractivity contribution in [3.05, 3.63) is 74.3 Å². The van der Waals surface area contributed by atoms with Gasteiger partial charge in [-0.2, -0.15) is 0 Å². The first kappa shape index (κ1) is 22.7. The molecule has 0 bridgehead atoms. The van der Waals surface area contributed by atoms with Gasteiger partial charge in [-0.1, -0.05) is 18.2 Å². The highest BCUT2D eigenvalue weighted by atomic mass is 32.2. The number of benzene rings is 1. The molecule has 0 radical (unpaired) electrons. The van der Waals surface area contributed by atoms with Gasteiger partial charge in [0.2, 0.25) is 0 Å². The fraction of sp³-hybridized carbons (Fsp3) is 0.269. The predicted molar refractivity (Wildman–Crippen MR) is 139 cm³/mol. The monoisotopic (exact) mass is 491 g/mol. The maximum Gasteiger partial charge on any atom is 0.339 e. The number of carboxylic acids is 1. The number of aromatic carboxylic acids is 1. The van der Waals surface area contributed by atoms with E-state index < -0.39 is 5.97 Å². The Hall–Kier alpha value is -3.10. The summed E-state index contributed by atoms with van der Waals surface area (Å²) >= 11 is 2.95. The molecule has 0 spiro atoms. The number of carboxylic acid groups (broad SMARTS) is 1. The SMILES string of the molecule is Cc1cc(C=C2SC(=Nc3ccccc3)N(C)C2=O)c(C)n1-c1sc2c(c1C(=O)O)CCCC2. The van der Waals surface area contributed by atoms with Crippen molar-refractivity contribution >= 4 is 51.9 Å². The van der Waals surface area contributed by atoms with Crippen LogP contribution in [-0.4, -0.2) is 38.7 Å². The van der Waals surface area contributed by atoms with Gasteiger partial charge in [0, 0.05) is 23.3 Å². The van der Waals surface area contributed by atoms with Gasteiger partial charge in [0.15, 0.2) is 5.17 Å².